The molecule has 4 aliphatic heterocycles. The third kappa shape index (κ3) is 13.4. The molecule has 6 fully saturated rings. The lowest BCUT2D eigenvalue weighted by Crippen LogP contribution is -2.78. The number of nitrogens with one attached hydrogen (secondary N) is 5. The molecule has 8 aliphatic rings. The molecule has 4 aliphatic carbocycles. The third-order valence-corrected chi connectivity index (χ3v) is 20.4. The lowest BCUT2D eigenvalue weighted by molar-refractivity contribution is -0.192. The quantitative estimate of drug-likeness (QED) is 0.0381. The van der Waals surface area contributed by atoms with Crippen molar-refractivity contribution in [2.24, 2.45) is 11.8 Å². The second kappa shape index (κ2) is 26.5. The lowest BCUT2D eigenvalue weighted by atomic mass is 9.48. The minimum absolute atomic E-state index is 0.0522. The van der Waals surface area contributed by atoms with E-state index in [9.17, 15) is 43.0 Å². The number of alkyl halides is 2. The number of piperidine rings is 2. The van der Waals surface area contributed by atoms with E-state index in [4.69, 9.17) is 14.2 Å². The molecule has 3 saturated heterocycles. The van der Waals surface area contributed by atoms with Gasteiger partial charge in [-0.05, 0) is 145 Å². The van der Waals surface area contributed by atoms with Gasteiger partial charge in [-0.3, -0.25) is 33.8 Å². The van der Waals surface area contributed by atoms with Gasteiger partial charge in [0.25, 0.3) is 0 Å². The maximum atomic E-state index is 14.0. The summed E-state index contributed by atoms with van der Waals surface area (Å²) in [5.74, 6) is -1.43. The minimum Gasteiger partial charge on any atom is -0.504 e. The van der Waals surface area contributed by atoms with E-state index in [0.29, 0.717) is 80.7 Å². The van der Waals surface area contributed by atoms with E-state index in [1.165, 1.54) is 12.8 Å². The number of aromatic nitrogens is 3. The van der Waals surface area contributed by atoms with Gasteiger partial charge >= 0.3 is 0 Å². The Labute approximate surface area is 503 Å². The molecule has 0 radical (unpaired) electrons. The summed E-state index contributed by atoms with van der Waals surface area (Å²) in [5, 5.41) is 47.3. The minimum atomic E-state index is -2.73. The van der Waals surface area contributed by atoms with Crippen LogP contribution in [0.4, 0.5) is 14.5 Å². The number of nitrogens with zero attached hydrogens (tertiary/aromatic N) is 5. The molecule has 3 aromatic rings. The van der Waals surface area contributed by atoms with Crippen molar-refractivity contribution in [3.63, 3.8) is 0 Å². The van der Waals surface area contributed by atoms with Crippen LogP contribution < -0.4 is 31.3 Å². The number of aliphatic hydroxyl groups is 1. The van der Waals surface area contributed by atoms with Gasteiger partial charge in [0, 0.05) is 86.3 Å². The molecule has 2 unspecified atom stereocenters. The molecule has 5 heterocycles. The van der Waals surface area contributed by atoms with Crippen LogP contribution >= 0.6 is 0 Å². The van der Waals surface area contributed by atoms with Crippen LogP contribution in [0, 0.1) is 18.8 Å². The van der Waals surface area contributed by atoms with Crippen LogP contribution in [0.3, 0.4) is 0 Å². The molecular weight excluding hydrogens is 1110 g/mol. The van der Waals surface area contributed by atoms with E-state index in [1.54, 1.807) is 18.2 Å². The molecule has 11 rings (SSSR count). The van der Waals surface area contributed by atoms with Crippen molar-refractivity contribution in [1.82, 2.24) is 45.8 Å². The standard InChI is InChI=1S/C64H90F2N10O10/c1-39(2)60-73-72-40(3)76(60)48-32-46-16-17-47(33-48)75(46)29-22-49(71-61(82)43-19-23-62(65,66)24-20-43)42-11-14-45(15-12-42)69-55(80)37-84-35-53(78)67-27-7-5-4-6-8-28-68-54(79)36-85-38-56(81)70-50-21-25-64(83)52-31-44-13-18-51(77)58-57(44)63(64,59(50)86-58)26-30-74(52)34-41-9-10-41/h11-15,18,39,41,43,46-50,52,59,77,83H,4-10,16-17,19-38H2,1-3H3,(H,67,78)(H,68,79)(H,69,80)(H,70,81)(H,71,82)/t46-,47+,48?,49-,50?,52+,59-,63-,64+/m0/s1. The van der Waals surface area contributed by atoms with Gasteiger partial charge in [-0.2, -0.15) is 0 Å². The molecule has 1 spiro atoms. The number of hydrogen-bond acceptors (Lipinski definition) is 14. The number of rotatable bonds is 28. The number of likely N-dealkylation sites (tertiary alicyclic amines) is 1. The van der Waals surface area contributed by atoms with Crippen LogP contribution in [0.25, 0.3) is 0 Å². The van der Waals surface area contributed by atoms with Gasteiger partial charge in [-0.1, -0.05) is 51.3 Å². The largest absolute Gasteiger partial charge is 0.504 e. The summed E-state index contributed by atoms with van der Waals surface area (Å²) >= 11 is 0. The number of phenols is 1. The fraction of sp³-hybridized carbons (Fsp3) is 0.703. The molecule has 3 saturated carbocycles. The number of halogens is 2. The summed E-state index contributed by atoms with van der Waals surface area (Å²) in [7, 11) is 0. The van der Waals surface area contributed by atoms with Crippen molar-refractivity contribution < 1.29 is 57.2 Å². The van der Waals surface area contributed by atoms with Gasteiger partial charge in [0.05, 0.1) is 23.1 Å². The average Bonchev–Trinajstić information content (AvgIpc) is 1.38. The maximum Gasteiger partial charge on any atom is 0.250 e. The van der Waals surface area contributed by atoms with E-state index in [0.717, 1.165) is 106 Å². The first kappa shape index (κ1) is 61.8. The number of ether oxygens (including phenoxy) is 3. The van der Waals surface area contributed by atoms with Crippen molar-refractivity contribution in [2.75, 3.05) is 64.5 Å². The van der Waals surface area contributed by atoms with Gasteiger partial charge < -0.3 is 55.6 Å². The first-order valence-corrected chi connectivity index (χ1v) is 32.1. The highest BCUT2D eigenvalue weighted by atomic mass is 19.3. The summed E-state index contributed by atoms with van der Waals surface area (Å²) in [6, 6.07) is 11.2. The zero-order chi connectivity index (χ0) is 60.3. The number of aromatic hydroxyl groups is 1. The zero-order valence-corrected chi connectivity index (χ0v) is 50.4. The van der Waals surface area contributed by atoms with Crippen molar-refractivity contribution in [3.8, 4) is 11.5 Å². The van der Waals surface area contributed by atoms with Crippen molar-refractivity contribution >= 4 is 35.2 Å². The molecule has 470 valence electrons. The zero-order valence-electron chi connectivity index (χ0n) is 50.4. The predicted octanol–water partition coefficient (Wildman–Crippen LogP) is 6.56. The number of hydrogen-bond donors (Lipinski definition) is 7. The smallest absolute Gasteiger partial charge is 0.250 e. The number of amides is 5. The number of carbonyl (C=O) groups excluding carboxylic acids is 5. The van der Waals surface area contributed by atoms with E-state index in [-0.39, 0.29) is 99.5 Å². The number of unbranched alkanes of at least 4 members (excludes halogenated alkanes) is 4. The Kier molecular flexibility index (Phi) is 19.0. The second-order valence-corrected chi connectivity index (χ2v) is 26.5. The van der Waals surface area contributed by atoms with Crippen molar-refractivity contribution in [3.05, 3.63) is 64.7 Å². The van der Waals surface area contributed by atoms with E-state index in [2.05, 4.69) is 65.0 Å². The number of carbonyl (C=O) groups is 5. The van der Waals surface area contributed by atoms with Gasteiger partial charge in [0.15, 0.2) is 11.5 Å². The normalized spacial score (nSPS) is 27.7. The van der Waals surface area contributed by atoms with Crippen LogP contribution in [-0.4, -0.2) is 165 Å². The average molecular weight is 1200 g/mol. The van der Waals surface area contributed by atoms with E-state index in [1.807, 2.05) is 25.1 Å². The second-order valence-electron chi connectivity index (χ2n) is 26.5. The Hall–Kier alpha value is -5.81. The monoisotopic (exact) mass is 1200 g/mol. The molecule has 86 heavy (non-hydrogen) atoms. The Balaban J connectivity index is 0.540. The number of aryl methyl sites for hydroxylation is 1. The Morgan fingerprint density at radius 1 is 0.767 bits per heavy atom. The molecule has 2 aromatic carbocycles. The molecule has 20 nitrogen and oxygen atoms in total. The number of anilines is 1. The molecule has 1 aromatic heterocycles. The van der Waals surface area contributed by atoms with Crippen LogP contribution in [0.1, 0.15) is 182 Å². The number of benzene rings is 2. The first-order valence-electron chi connectivity index (χ1n) is 32.1. The molecule has 7 N–H and O–H groups in total. The third-order valence-electron chi connectivity index (χ3n) is 20.4. The summed E-state index contributed by atoms with van der Waals surface area (Å²) in [4.78, 5) is 69.9. The van der Waals surface area contributed by atoms with Crippen molar-refractivity contribution in [1.29, 1.82) is 0 Å². The SMILES string of the molecule is Cc1nnc(C(C)C)n1C1C[C@H]2CC[C@@H](C1)N2CC[C@H](NC(=O)C1CCC(F)(F)CC1)c1ccc(NC(=O)COCC(=O)NCCCCCCCNC(=O)COCC(=O)NC2CC[C@@]3(O)[C@H]4Cc5ccc(O)c6c5[C@@]3(CCN4CC3CC3)[C@H]2O6)cc1. The van der Waals surface area contributed by atoms with Crippen LogP contribution in [0.5, 0.6) is 11.5 Å². The highest BCUT2D eigenvalue weighted by molar-refractivity contribution is 5.92. The number of phenolic OH excluding ortho intramolecular Hbond substituents is 1. The van der Waals surface area contributed by atoms with Gasteiger partial charge in [-0.25, -0.2) is 8.78 Å². The van der Waals surface area contributed by atoms with Crippen molar-refractivity contribution in [2.45, 2.75) is 214 Å². The van der Waals surface area contributed by atoms with E-state index < -0.39 is 40.9 Å². The Morgan fingerprint density at radius 3 is 2.08 bits per heavy atom. The lowest BCUT2D eigenvalue weighted by Gasteiger charge is -2.64. The first-order chi connectivity index (χ1) is 41.4. The van der Waals surface area contributed by atoms with E-state index >= 15 is 0 Å². The topological polar surface area (TPSA) is 251 Å². The predicted molar refractivity (Wildman–Crippen MR) is 316 cm³/mol. The Morgan fingerprint density at radius 2 is 1.42 bits per heavy atom. The molecule has 22 heteroatoms. The highest BCUT2D eigenvalue weighted by Gasteiger charge is 2.73. The van der Waals surface area contributed by atoms with Crippen LogP contribution in [0.15, 0.2) is 36.4 Å². The van der Waals surface area contributed by atoms with Gasteiger partial charge in [0.2, 0.25) is 35.5 Å². The summed E-state index contributed by atoms with van der Waals surface area (Å²) in [6.45, 7) is 8.66. The van der Waals surface area contributed by atoms with Crippen LogP contribution in [-0.2, 0) is 45.3 Å². The Bertz CT molecular complexity index is 2900. The summed E-state index contributed by atoms with van der Waals surface area (Å²) in [5.41, 5.74) is 1.60. The van der Waals surface area contributed by atoms with Gasteiger partial charge in [0.1, 0.15) is 44.2 Å². The van der Waals surface area contributed by atoms with Gasteiger partial charge in [-0.15, -0.1) is 10.2 Å². The fourth-order valence-electron chi connectivity index (χ4n) is 15.9. The highest BCUT2D eigenvalue weighted by Crippen LogP contribution is 2.65. The fourth-order valence-corrected chi connectivity index (χ4v) is 15.9. The van der Waals surface area contributed by atoms with Crippen LogP contribution in [0.2, 0.25) is 0 Å². The summed E-state index contributed by atoms with van der Waals surface area (Å²) < 4.78 is 47.9. The molecular formula is C64H90F2N10O10. The number of fused-ring (bicyclic) bond motifs is 2. The summed E-state index contributed by atoms with van der Waals surface area (Å²) in [6.07, 6.45) is 13.1. The molecule has 4 bridgehead atoms. The maximum absolute atomic E-state index is 14.0. The molecule has 5 amide bonds. The molecule has 9 atom stereocenters.